The molecule has 0 saturated heterocycles. The molecule has 34 heavy (non-hydrogen) atoms. The van der Waals surface area contributed by atoms with Crippen LogP contribution >= 0.6 is 46.4 Å². The monoisotopic (exact) mass is 541 g/mol. The van der Waals surface area contributed by atoms with E-state index in [0.29, 0.717) is 10.6 Å². The molecule has 1 N–H and O–H groups in total. The number of nitrogens with zero attached hydrogens (tertiary/aromatic N) is 2. The molecule has 2 amide bonds. The van der Waals surface area contributed by atoms with Crippen molar-refractivity contribution in [2.75, 3.05) is 11.9 Å². The van der Waals surface area contributed by atoms with E-state index in [1.165, 1.54) is 30.3 Å². The van der Waals surface area contributed by atoms with Crippen molar-refractivity contribution in [3.63, 3.8) is 0 Å². The van der Waals surface area contributed by atoms with Gasteiger partial charge in [-0.25, -0.2) is 4.79 Å². The molecule has 0 saturated carbocycles. The van der Waals surface area contributed by atoms with Gasteiger partial charge in [-0.3, -0.25) is 10.1 Å². The molecule has 0 spiro atoms. The first kappa shape index (κ1) is 25.6. The third-order valence-corrected chi connectivity index (χ3v) is 5.37. The summed E-state index contributed by atoms with van der Waals surface area (Å²) in [7, 11) is 0. The third kappa shape index (κ3) is 6.30. The number of nitrogens with one attached hydrogen (secondary N) is 1. The second kappa shape index (κ2) is 11.4. The number of rotatable bonds is 6. The number of urea groups is 1. The lowest BCUT2D eigenvalue weighted by Crippen LogP contribution is -2.14. The van der Waals surface area contributed by atoms with Gasteiger partial charge in [0.15, 0.2) is 5.75 Å². The molecule has 0 unspecified atom stereocenters. The Labute approximate surface area is 214 Å². The molecule has 0 aliphatic rings. The van der Waals surface area contributed by atoms with Crippen LogP contribution < -0.4 is 10.1 Å². The number of aliphatic imine (C=N–C) groups is 1. The van der Waals surface area contributed by atoms with Gasteiger partial charge in [-0.05, 0) is 37.3 Å². The van der Waals surface area contributed by atoms with Crippen LogP contribution in [-0.4, -0.2) is 23.5 Å². The van der Waals surface area contributed by atoms with Gasteiger partial charge in [-0.15, -0.1) is 0 Å². The Morgan fingerprint density at radius 1 is 1.00 bits per heavy atom. The van der Waals surface area contributed by atoms with Crippen molar-refractivity contribution in [1.82, 2.24) is 0 Å². The zero-order valence-electron chi connectivity index (χ0n) is 17.4. The number of hydrogen-bond donors (Lipinski definition) is 1. The number of benzene rings is 3. The third-order valence-electron chi connectivity index (χ3n) is 4.17. The van der Waals surface area contributed by atoms with Gasteiger partial charge in [0.1, 0.15) is 10.8 Å². The van der Waals surface area contributed by atoms with Gasteiger partial charge in [0.2, 0.25) is 5.90 Å². The fraction of sp³-hybridized carbons (Fsp3) is 0.0909. The number of nitro benzene ring substituents is 1. The summed E-state index contributed by atoms with van der Waals surface area (Å²) in [4.78, 5) is 26.7. The number of carbonyl (C=O) groups is 1. The molecular weight excluding hydrogens is 528 g/mol. The standard InChI is InChI=1S/C22H15Cl4N3O5/c1-2-33-21(14-5-3-4-6-15(14)23)28-22(30)27-12-9-17(25)20(18(26)10-12)34-13-7-8-19(29(31)32)16(24)11-13/h3-11H,2H2,1H3,(H,27,30)/b28-21-. The van der Waals surface area contributed by atoms with Crippen molar-refractivity contribution in [3.05, 3.63) is 90.4 Å². The molecule has 0 aromatic heterocycles. The van der Waals surface area contributed by atoms with Crippen LogP contribution in [0.1, 0.15) is 12.5 Å². The van der Waals surface area contributed by atoms with E-state index >= 15 is 0 Å². The van der Waals surface area contributed by atoms with Crippen molar-refractivity contribution < 1.29 is 19.2 Å². The van der Waals surface area contributed by atoms with E-state index < -0.39 is 11.0 Å². The number of nitro groups is 1. The van der Waals surface area contributed by atoms with E-state index in [9.17, 15) is 14.9 Å². The van der Waals surface area contributed by atoms with Crippen LogP contribution in [0.2, 0.25) is 20.1 Å². The zero-order chi connectivity index (χ0) is 24.8. The fourth-order valence-electron chi connectivity index (χ4n) is 2.73. The van der Waals surface area contributed by atoms with E-state index in [1.54, 1.807) is 31.2 Å². The maximum atomic E-state index is 12.5. The summed E-state index contributed by atoms with van der Waals surface area (Å²) >= 11 is 24.6. The minimum Gasteiger partial charge on any atom is -0.477 e. The van der Waals surface area contributed by atoms with Gasteiger partial charge in [-0.1, -0.05) is 58.5 Å². The van der Waals surface area contributed by atoms with Gasteiger partial charge in [0.05, 0.1) is 32.2 Å². The molecule has 12 heteroatoms. The van der Waals surface area contributed by atoms with Crippen LogP contribution in [0, 0.1) is 10.1 Å². The fourth-order valence-corrected chi connectivity index (χ4v) is 3.75. The molecule has 0 aliphatic carbocycles. The van der Waals surface area contributed by atoms with E-state index in [0.717, 1.165) is 0 Å². The minimum absolute atomic E-state index is 0.0535. The molecule has 3 aromatic carbocycles. The molecule has 0 aliphatic heterocycles. The smallest absolute Gasteiger partial charge is 0.348 e. The van der Waals surface area contributed by atoms with Gasteiger partial charge in [-0.2, -0.15) is 4.99 Å². The van der Waals surface area contributed by atoms with E-state index in [2.05, 4.69) is 10.3 Å². The Morgan fingerprint density at radius 3 is 2.26 bits per heavy atom. The van der Waals surface area contributed by atoms with E-state index in [4.69, 9.17) is 55.9 Å². The maximum absolute atomic E-state index is 12.5. The summed E-state index contributed by atoms with van der Waals surface area (Å²) in [5.41, 5.74) is 0.434. The molecule has 0 radical (unpaired) electrons. The number of ether oxygens (including phenoxy) is 2. The van der Waals surface area contributed by atoms with Crippen LogP contribution in [0.3, 0.4) is 0 Å². The summed E-state index contributed by atoms with van der Waals surface area (Å²) in [5.74, 6) is 0.306. The largest absolute Gasteiger partial charge is 0.477 e. The van der Waals surface area contributed by atoms with Crippen molar-refractivity contribution in [3.8, 4) is 11.5 Å². The molecule has 176 valence electrons. The van der Waals surface area contributed by atoms with Gasteiger partial charge in [0.25, 0.3) is 5.69 Å². The number of carbonyl (C=O) groups excluding carboxylic acids is 1. The van der Waals surface area contributed by atoms with Crippen LogP contribution in [0.4, 0.5) is 16.2 Å². The van der Waals surface area contributed by atoms with E-state index in [-0.39, 0.29) is 50.4 Å². The SMILES string of the molecule is CCO/C(=N\C(=O)Nc1cc(Cl)c(Oc2ccc([N+](=O)[O-])c(Cl)c2)c(Cl)c1)c1ccccc1Cl. The quantitative estimate of drug-likeness (QED) is 0.147. The molecule has 0 heterocycles. The first-order valence-corrected chi connectivity index (χ1v) is 11.1. The van der Waals surface area contributed by atoms with Crippen molar-refractivity contribution in [1.29, 1.82) is 0 Å². The molecule has 3 rings (SSSR count). The predicted molar refractivity (Wildman–Crippen MR) is 133 cm³/mol. The lowest BCUT2D eigenvalue weighted by Gasteiger charge is -2.12. The number of halogens is 4. The lowest BCUT2D eigenvalue weighted by atomic mass is 10.2. The van der Waals surface area contributed by atoms with Gasteiger partial charge in [0, 0.05) is 17.8 Å². The number of amides is 2. The topological polar surface area (TPSA) is 103 Å². The highest BCUT2D eigenvalue weighted by Gasteiger charge is 2.17. The van der Waals surface area contributed by atoms with Crippen LogP contribution in [0.25, 0.3) is 0 Å². The molecule has 0 bridgehead atoms. The summed E-state index contributed by atoms with van der Waals surface area (Å²) in [5, 5.41) is 13.9. The van der Waals surface area contributed by atoms with Gasteiger partial charge >= 0.3 is 6.03 Å². The Bertz CT molecular complexity index is 1260. The average molecular weight is 543 g/mol. The highest BCUT2D eigenvalue weighted by molar-refractivity contribution is 6.38. The summed E-state index contributed by atoms with van der Waals surface area (Å²) in [6.07, 6.45) is 0. The second-order valence-electron chi connectivity index (χ2n) is 6.50. The summed E-state index contributed by atoms with van der Waals surface area (Å²) < 4.78 is 11.1. The predicted octanol–water partition coefficient (Wildman–Crippen LogP) is 8.02. The number of hydrogen-bond acceptors (Lipinski definition) is 5. The first-order valence-electron chi connectivity index (χ1n) is 9.57. The van der Waals surface area contributed by atoms with E-state index in [1.807, 2.05) is 0 Å². The highest BCUT2D eigenvalue weighted by atomic mass is 35.5. The normalized spacial score (nSPS) is 11.1. The van der Waals surface area contributed by atoms with Crippen LogP contribution in [0.5, 0.6) is 11.5 Å². The molecule has 0 atom stereocenters. The Hall–Kier alpha value is -3.04. The highest BCUT2D eigenvalue weighted by Crippen LogP contribution is 2.40. The summed E-state index contributed by atoms with van der Waals surface area (Å²) in [6, 6.07) is 12.7. The second-order valence-corrected chi connectivity index (χ2v) is 8.13. The van der Waals surface area contributed by atoms with Crippen molar-refractivity contribution >= 4 is 69.7 Å². The Morgan fingerprint density at radius 2 is 1.68 bits per heavy atom. The Balaban J connectivity index is 1.81. The van der Waals surface area contributed by atoms with Crippen molar-refractivity contribution in [2.45, 2.75) is 6.92 Å². The van der Waals surface area contributed by atoms with Crippen LogP contribution in [0.15, 0.2) is 59.6 Å². The molecule has 3 aromatic rings. The first-order chi connectivity index (χ1) is 16.2. The molecular formula is C22H15Cl4N3O5. The zero-order valence-corrected chi connectivity index (χ0v) is 20.4. The maximum Gasteiger partial charge on any atom is 0.348 e. The summed E-state index contributed by atoms with van der Waals surface area (Å²) in [6.45, 7) is 2.02. The minimum atomic E-state index is -0.744. The molecule has 8 nitrogen and oxygen atoms in total. The average Bonchev–Trinajstić information content (AvgIpc) is 2.76. The Kier molecular flexibility index (Phi) is 8.57. The van der Waals surface area contributed by atoms with Crippen molar-refractivity contribution in [2.24, 2.45) is 4.99 Å². The van der Waals surface area contributed by atoms with Crippen LogP contribution in [-0.2, 0) is 4.74 Å². The lowest BCUT2D eigenvalue weighted by molar-refractivity contribution is -0.384. The number of anilines is 1. The molecule has 0 fully saturated rings. The van der Waals surface area contributed by atoms with Gasteiger partial charge < -0.3 is 14.8 Å².